The number of piperazine rings is 1. The Balaban J connectivity index is 2.23. The molecule has 0 aliphatic carbocycles. The van der Waals surface area contributed by atoms with Gasteiger partial charge in [0.05, 0.1) is 19.1 Å². The second-order valence-electron chi connectivity index (χ2n) is 4.59. The van der Waals surface area contributed by atoms with E-state index in [0.29, 0.717) is 10.6 Å². The SMILES string of the molecule is CC1NCC(=O)N(Cc2ccc(C(N)=O)cc2Cl)C1=O. The van der Waals surface area contributed by atoms with E-state index in [1.807, 2.05) is 0 Å². The number of hydrogen-bond donors (Lipinski definition) is 2. The molecule has 1 unspecified atom stereocenters. The van der Waals surface area contributed by atoms with Gasteiger partial charge in [-0.3, -0.25) is 24.6 Å². The van der Waals surface area contributed by atoms with Gasteiger partial charge in [0.2, 0.25) is 17.7 Å². The molecule has 0 aromatic heterocycles. The fraction of sp³-hybridized carbons (Fsp3) is 0.308. The first kappa shape index (κ1) is 14.5. The summed E-state index contributed by atoms with van der Waals surface area (Å²) in [6, 6.07) is 4.14. The molecular formula is C13H14ClN3O3. The average molecular weight is 296 g/mol. The molecule has 1 fully saturated rings. The highest BCUT2D eigenvalue weighted by Gasteiger charge is 2.31. The fourth-order valence-electron chi connectivity index (χ4n) is 1.95. The summed E-state index contributed by atoms with van der Waals surface area (Å²) in [5.41, 5.74) is 6.03. The molecule has 106 valence electrons. The van der Waals surface area contributed by atoms with Gasteiger partial charge >= 0.3 is 0 Å². The summed E-state index contributed by atoms with van der Waals surface area (Å²) < 4.78 is 0. The molecule has 1 aliphatic heterocycles. The number of nitrogens with two attached hydrogens (primary N) is 1. The number of amides is 3. The molecule has 3 amide bonds. The number of halogens is 1. The van der Waals surface area contributed by atoms with Gasteiger partial charge in [-0.25, -0.2) is 0 Å². The maximum absolute atomic E-state index is 12.0. The molecular weight excluding hydrogens is 282 g/mol. The molecule has 20 heavy (non-hydrogen) atoms. The van der Waals surface area contributed by atoms with Crippen LogP contribution < -0.4 is 11.1 Å². The molecule has 0 spiro atoms. The average Bonchev–Trinajstić information content (AvgIpc) is 2.40. The number of carbonyl (C=O) groups is 3. The number of hydrogen-bond acceptors (Lipinski definition) is 4. The van der Waals surface area contributed by atoms with Crippen LogP contribution in [0.15, 0.2) is 18.2 Å². The van der Waals surface area contributed by atoms with Crippen molar-refractivity contribution < 1.29 is 14.4 Å². The largest absolute Gasteiger partial charge is 0.366 e. The predicted molar refractivity (Wildman–Crippen MR) is 73.0 cm³/mol. The third-order valence-corrected chi connectivity index (χ3v) is 3.51. The summed E-state index contributed by atoms with van der Waals surface area (Å²) >= 11 is 6.05. The van der Waals surface area contributed by atoms with Crippen molar-refractivity contribution in [3.63, 3.8) is 0 Å². The second kappa shape index (κ2) is 5.60. The minimum atomic E-state index is -0.582. The summed E-state index contributed by atoms with van der Waals surface area (Å²) in [6.07, 6.45) is 0. The number of nitrogens with zero attached hydrogens (tertiary/aromatic N) is 1. The van der Waals surface area contributed by atoms with Crippen LogP contribution in [-0.2, 0) is 16.1 Å². The van der Waals surface area contributed by atoms with Crippen molar-refractivity contribution in [2.24, 2.45) is 5.73 Å². The summed E-state index contributed by atoms with van der Waals surface area (Å²) in [5.74, 6) is -1.18. The molecule has 0 radical (unpaired) electrons. The van der Waals surface area contributed by atoms with Gasteiger partial charge in [-0.1, -0.05) is 17.7 Å². The van der Waals surface area contributed by atoms with Gasteiger partial charge in [0.15, 0.2) is 0 Å². The Morgan fingerprint density at radius 3 is 2.80 bits per heavy atom. The van der Waals surface area contributed by atoms with E-state index in [4.69, 9.17) is 17.3 Å². The minimum absolute atomic E-state index is 0.0849. The van der Waals surface area contributed by atoms with E-state index in [1.54, 1.807) is 13.0 Å². The number of carbonyl (C=O) groups excluding carboxylic acids is 3. The lowest BCUT2D eigenvalue weighted by molar-refractivity contribution is -0.149. The van der Waals surface area contributed by atoms with Gasteiger partial charge < -0.3 is 5.73 Å². The van der Waals surface area contributed by atoms with Crippen LogP contribution in [0.2, 0.25) is 5.02 Å². The van der Waals surface area contributed by atoms with E-state index in [1.165, 1.54) is 12.1 Å². The first-order valence-corrected chi connectivity index (χ1v) is 6.43. The maximum atomic E-state index is 12.0. The van der Waals surface area contributed by atoms with Crippen LogP contribution in [0.5, 0.6) is 0 Å². The molecule has 1 aliphatic rings. The van der Waals surface area contributed by atoms with Gasteiger partial charge in [0.25, 0.3) is 0 Å². The normalized spacial score (nSPS) is 19.3. The highest BCUT2D eigenvalue weighted by Crippen LogP contribution is 2.20. The van der Waals surface area contributed by atoms with Gasteiger partial charge in [0.1, 0.15) is 0 Å². The zero-order valence-electron chi connectivity index (χ0n) is 10.9. The van der Waals surface area contributed by atoms with Gasteiger partial charge in [0, 0.05) is 10.6 Å². The number of benzene rings is 1. The lowest BCUT2D eigenvalue weighted by Crippen LogP contribution is -2.56. The summed E-state index contributed by atoms with van der Waals surface area (Å²) in [6.45, 7) is 1.89. The Hall–Kier alpha value is -1.92. The van der Waals surface area contributed by atoms with Crippen LogP contribution in [0.1, 0.15) is 22.8 Å². The van der Waals surface area contributed by atoms with Crippen molar-refractivity contribution in [3.05, 3.63) is 34.3 Å². The molecule has 0 bridgehead atoms. The number of imide groups is 1. The van der Waals surface area contributed by atoms with Crippen molar-refractivity contribution >= 4 is 29.3 Å². The third kappa shape index (κ3) is 2.81. The van der Waals surface area contributed by atoms with Gasteiger partial charge in [-0.05, 0) is 24.6 Å². The molecule has 1 atom stereocenters. The quantitative estimate of drug-likeness (QED) is 0.784. The van der Waals surface area contributed by atoms with E-state index in [9.17, 15) is 14.4 Å². The van der Waals surface area contributed by atoms with Gasteiger partial charge in [-0.2, -0.15) is 0 Å². The highest BCUT2D eigenvalue weighted by atomic mass is 35.5. The molecule has 1 aromatic rings. The van der Waals surface area contributed by atoms with Crippen molar-refractivity contribution in [1.29, 1.82) is 0 Å². The van der Waals surface area contributed by atoms with Crippen molar-refractivity contribution in [2.45, 2.75) is 19.5 Å². The molecule has 1 saturated heterocycles. The Labute approximate surface area is 120 Å². The van der Waals surface area contributed by atoms with Crippen LogP contribution in [0, 0.1) is 0 Å². The van der Waals surface area contributed by atoms with E-state index in [0.717, 1.165) is 4.90 Å². The van der Waals surface area contributed by atoms with Crippen molar-refractivity contribution in [2.75, 3.05) is 6.54 Å². The lowest BCUT2D eigenvalue weighted by Gasteiger charge is -2.30. The fourth-order valence-corrected chi connectivity index (χ4v) is 2.19. The van der Waals surface area contributed by atoms with Gasteiger partial charge in [-0.15, -0.1) is 0 Å². The topological polar surface area (TPSA) is 92.5 Å². The Morgan fingerprint density at radius 1 is 1.50 bits per heavy atom. The lowest BCUT2D eigenvalue weighted by atomic mass is 10.1. The summed E-state index contributed by atoms with van der Waals surface area (Å²) in [4.78, 5) is 35.9. The summed E-state index contributed by atoms with van der Waals surface area (Å²) in [5, 5.41) is 3.10. The molecule has 7 heteroatoms. The zero-order valence-corrected chi connectivity index (χ0v) is 11.6. The van der Waals surface area contributed by atoms with Crippen LogP contribution in [0.4, 0.5) is 0 Å². The monoisotopic (exact) mass is 295 g/mol. The molecule has 3 N–H and O–H groups in total. The van der Waals surface area contributed by atoms with Crippen LogP contribution in [0.3, 0.4) is 0 Å². The minimum Gasteiger partial charge on any atom is -0.366 e. The highest BCUT2D eigenvalue weighted by molar-refractivity contribution is 6.31. The first-order valence-electron chi connectivity index (χ1n) is 6.06. The Kier molecular flexibility index (Phi) is 4.06. The van der Waals surface area contributed by atoms with Crippen molar-refractivity contribution in [1.82, 2.24) is 10.2 Å². The number of nitrogens with one attached hydrogen (secondary N) is 1. The van der Waals surface area contributed by atoms with E-state index < -0.39 is 11.9 Å². The van der Waals surface area contributed by atoms with E-state index >= 15 is 0 Å². The third-order valence-electron chi connectivity index (χ3n) is 3.16. The van der Waals surface area contributed by atoms with E-state index in [-0.39, 0.29) is 30.5 Å². The molecule has 6 nitrogen and oxygen atoms in total. The second-order valence-corrected chi connectivity index (χ2v) is 5.00. The first-order chi connectivity index (χ1) is 9.40. The Morgan fingerprint density at radius 2 is 2.20 bits per heavy atom. The standard InChI is InChI=1S/C13H14ClN3O3/c1-7-13(20)17(11(18)5-16-7)6-9-3-2-8(12(15)19)4-10(9)14/h2-4,7,16H,5-6H2,1H3,(H2,15,19). The number of rotatable bonds is 3. The van der Waals surface area contributed by atoms with E-state index in [2.05, 4.69) is 5.32 Å². The molecule has 1 aromatic carbocycles. The Bertz CT molecular complexity index is 588. The smallest absolute Gasteiger partial charge is 0.248 e. The molecule has 2 rings (SSSR count). The zero-order chi connectivity index (χ0) is 14.9. The molecule has 0 saturated carbocycles. The predicted octanol–water partition coefficient (Wildman–Crippen LogP) is 0.286. The summed E-state index contributed by atoms with van der Waals surface area (Å²) in [7, 11) is 0. The van der Waals surface area contributed by atoms with Crippen LogP contribution in [0.25, 0.3) is 0 Å². The maximum Gasteiger partial charge on any atom is 0.248 e. The van der Waals surface area contributed by atoms with Crippen molar-refractivity contribution in [3.8, 4) is 0 Å². The van der Waals surface area contributed by atoms with Crippen LogP contribution >= 0.6 is 11.6 Å². The number of primary amides is 1. The van der Waals surface area contributed by atoms with Crippen LogP contribution in [-0.4, -0.2) is 35.2 Å². The molecule has 1 heterocycles.